The molecular weight excluding hydrogens is 140 g/mol. The number of rotatable bonds is 5. The summed E-state index contributed by atoms with van der Waals surface area (Å²) in [6, 6.07) is 0. The summed E-state index contributed by atoms with van der Waals surface area (Å²) in [4.78, 5) is 10.9. The van der Waals surface area contributed by atoms with Gasteiger partial charge in [0.25, 0.3) is 0 Å². The van der Waals surface area contributed by atoms with Crippen LogP contribution in [0.15, 0.2) is 0 Å². The smallest absolute Gasteiger partial charge is 0.147 e. The molecule has 11 heavy (non-hydrogen) atoms. The fraction of sp³-hybridized carbons (Fsp3) is 0.667. The van der Waals surface area contributed by atoms with Crippen molar-refractivity contribution in [2.75, 3.05) is 13.2 Å². The minimum absolute atomic E-state index is 0.160. The summed E-state index contributed by atoms with van der Waals surface area (Å²) in [6.45, 7) is 4.85. The Balaban J connectivity index is 3.27. The van der Waals surface area contributed by atoms with Gasteiger partial charge in [0.2, 0.25) is 0 Å². The molecule has 0 bridgehead atoms. The normalized spacial score (nSPS) is 8.55. The van der Waals surface area contributed by atoms with Crippen molar-refractivity contribution in [2.24, 2.45) is 0 Å². The number of Topliss-reactive ketones (excluding diaryl/α,β-unsaturated/α-hetero) is 1. The van der Waals surface area contributed by atoms with E-state index < -0.39 is 0 Å². The highest BCUT2D eigenvalue weighted by Crippen LogP contribution is 1.89. The Hall–Kier alpha value is -0.810. The van der Waals surface area contributed by atoms with E-state index in [1.54, 1.807) is 6.92 Å². The Morgan fingerprint density at radius 1 is 1.55 bits per heavy atom. The van der Waals surface area contributed by atoms with Crippen LogP contribution in [0.3, 0.4) is 0 Å². The molecule has 0 saturated carbocycles. The molecule has 2 heteroatoms. The van der Waals surface area contributed by atoms with E-state index >= 15 is 0 Å². The molecule has 0 unspecified atom stereocenters. The summed E-state index contributed by atoms with van der Waals surface area (Å²) in [5.41, 5.74) is 0. The summed E-state index contributed by atoms with van der Waals surface area (Å²) in [6.07, 6.45) is 0.853. The van der Waals surface area contributed by atoms with Crippen LogP contribution in [0.5, 0.6) is 0 Å². The first-order chi connectivity index (χ1) is 5.31. The molecular formula is C9H14O2. The van der Waals surface area contributed by atoms with E-state index in [0.29, 0.717) is 26.1 Å². The zero-order chi connectivity index (χ0) is 8.53. The van der Waals surface area contributed by atoms with Gasteiger partial charge in [0, 0.05) is 13.0 Å². The Bertz CT molecular complexity index is 162. The molecule has 0 amide bonds. The van der Waals surface area contributed by atoms with Gasteiger partial charge in [-0.3, -0.25) is 4.79 Å². The van der Waals surface area contributed by atoms with Gasteiger partial charge in [0.15, 0.2) is 0 Å². The van der Waals surface area contributed by atoms with E-state index in [1.165, 1.54) is 0 Å². The van der Waals surface area contributed by atoms with Gasteiger partial charge in [0.05, 0.1) is 13.0 Å². The maximum absolute atomic E-state index is 10.9. The summed E-state index contributed by atoms with van der Waals surface area (Å²) < 4.78 is 5.02. The number of hydrogen-bond donors (Lipinski definition) is 0. The molecule has 0 aromatic heterocycles. The van der Waals surface area contributed by atoms with Crippen LogP contribution in [0.4, 0.5) is 0 Å². The molecule has 0 rings (SSSR count). The first-order valence-corrected chi connectivity index (χ1v) is 3.80. The maximum Gasteiger partial charge on any atom is 0.147 e. The summed E-state index contributed by atoms with van der Waals surface area (Å²) in [7, 11) is 0. The Kier molecular flexibility index (Phi) is 6.76. The first kappa shape index (κ1) is 10.2. The zero-order valence-electron chi connectivity index (χ0n) is 7.14. The lowest BCUT2D eigenvalue weighted by molar-refractivity contribution is -0.119. The molecule has 0 aromatic carbocycles. The molecule has 0 heterocycles. The van der Waals surface area contributed by atoms with Gasteiger partial charge in [-0.2, -0.15) is 0 Å². The number of hydrogen-bond acceptors (Lipinski definition) is 2. The molecule has 0 N–H and O–H groups in total. The number of carbonyl (C=O) groups is 1. The van der Waals surface area contributed by atoms with Gasteiger partial charge in [-0.25, -0.2) is 0 Å². The lowest BCUT2D eigenvalue weighted by Gasteiger charge is -1.96. The SMILES string of the molecule is CC#CCC(=O)CCOCC. The molecule has 0 radical (unpaired) electrons. The average Bonchev–Trinajstić information content (AvgIpc) is 2.01. The Morgan fingerprint density at radius 3 is 2.82 bits per heavy atom. The lowest BCUT2D eigenvalue weighted by atomic mass is 10.2. The highest BCUT2D eigenvalue weighted by atomic mass is 16.5. The topological polar surface area (TPSA) is 26.3 Å². The van der Waals surface area contributed by atoms with Crippen molar-refractivity contribution < 1.29 is 9.53 Å². The van der Waals surface area contributed by atoms with Crippen LogP contribution < -0.4 is 0 Å². The zero-order valence-corrected chi connectivity index (χ0v) is 7.14. The second kappa shape index (κ2) is 7.30. The first-order valence-electron chi connectivity index (χ1n) is 3.80. The molecule has 0 saturated heterocycles. The third kappa shape index (κ3) is 7.08. The maximum atomic E-state index is 10.9. The molecule has 0 aliphatic carbocycles. The van der Waals surface area contributed by atoms with Gasteiger partial charge in [-0.15, -0.1) is 5.92 Å². The van der Waals surface area contributed by atoms with Crippen LogP contribution in [0.1, 0.15) is 26.7 Å². The number of ether oxygens (including phenoxy) is 1. The largest absolute Gasteiger partial charge is 0.381 e. The van der Waals surface area contributed by atoms with Crippen molar-refractivity contribution in [1.29, 1.82) is 0 Å². The van der Waals surface area contributed by atoms with E-state index in [9.17, 15) is 4.79 Å². The second-order valence-electron chi connectivity index (χ2n) is 2.09. The standard InChI is InChI=1S/C9H14O2/c1-3-5-6-9(10)7-8-11-4-2/h4,6-8H2,1-2H3. The molecule has 62 valence electrons. The highest BCUT2D eigenvalue weighted by Gasteiger charge is 1.97. The Labute approximate surface area is 67.9 Å². The quantitative estimate of drug-likeness (QED) is 0.442. The average molecular weight is 154 g/mol. The molecule has 0 aliphatic heterocycles. The third-order valence-electron chi connectivity index (χ3n) is 1.19. The van der Waals surface area contributed by atoms with Crippen molar-refractivity contribution in [3.05, 3.63) is 0 Å². The van der Waals surface area contributed by atoms with E-state index in [2.05, 4.69) is 11.8 Å². The minimum Gasteiger partial charge on any atom is -0.381 e. The van der Waals surface area contributed by atoms with Crippen LogP contribution in [-0.4, -0.2) is 19.0 Å². The monoisotopic (exact) mass is 154 g/mol. The van der Waals surface area contributed by atoms with E-state index in [0.717, 1.165) is 0 Å². The molecule has 0 aromatic rings. The van der Waals surface area contributed by atoms with Crippen LogP contribution in [0.2, 0.25) is 0 Å². The van der Waals surface area contributed by atoms with Crippen molar-refractivity contribution in [3.63, 3.8) is 0 Å². The van der Waals surface area contributed by atoms with Gasteiger partial charge >= 0.3 is 0 Å². The van der Waals surface area contributed by atoms with E-state index in [-0.39, 0.29) is 5.78 Å². The molecule has 0 fully saturated rings. The minimum atomic E-state index is 0.160. The van der Waals surface area contributed by atoms with Crippen LogP contribution >= 0.6 is 0 Å². The van der Waals surface area contributed by atoms with Gasteiger partial charge in [0.1, 0.15) is 5.78 Å². The van der Waals surface area contributed by atoms with Crippen molar-refractivity contribution >= 4 is 5.78 Å². The van der Waals surface area contributed by atoms with Crippen LogP contribution in [0.25, 0.3) is 0 Å². The predicted octanol–water partition coefficient (Wildman–Crippen LogP) is 1.40. The van der Waals surface area contributed by atoms with Gasteiger partial charge in [-0.1, -0.05) is 5.92 Å². The van der Waals surface area contributed by atoms with Crippen molar-refractivity contribution in [1.82, 2.24) is 0 Å². The lowest BCUT2D eigenvalue weighted by Crippen LogP contribution is -2.02. The van der Waals surface area contributed by atoms with E-state index in [4.69, 9.17) is 4.74 Å². The van der Waals surface area contributed by atoms with Crippen molar-refractivity contribution in [2.45, 2.75) is 26.7 Å². The molecule has 2 nitrogen and oxygen atoms in total. The fourth-order valence-corrected chi connectivity index (χ4v) is 0.606. The predicted molar refractivity (Wildman–Crippen MR) is 44.2 cm³/mol. The third-order valence-corrected chi connectivity index (χ3v) is 1.19. The van der Waals surface area contributed by atoms with Crippen molar-refractivity contribution in [3.8, 4) is 11.8 Å². The summed E-state index contributed by atoms with van der Waals surface area (Å²) >= 11 is 0. The highest BCUT2D eigenvalue weighted by molar-refractivity contribution is 5.80. The number of ketones is 1. The van der Waals surface area contributed by atoms with Gasteiger partial charge < -0.3 is 4.74 Å². The molecule has 0 spiro atoms. The van der Waals surface area contributed by atoms with E-state index in [1.807, 2.05) is 6.92 Å². The summed E-state index contributed by atoms with van der Waals surface area (Å²) in [5, 5.41) is 0. The molecule has 0 atom stereocenters. The number of carbonyl (C=O) groups excluding carboxylic acids is 1. The Morgan fingerprint density at radius 2 is 2.27 bits per heavy atom. The molecule has 0 aliphatic rings. The van der Waals surface area contributed by atoms with Crippen LogP contribution in [-0.2, 0) is 9.53 Å². The van der Waals surface area contributed by atoms with Gasteiger partial charge in [-0.05, 0) is 13.8 Å². The van der Waals surface area contributed by atoms with Crippen LogP contribution in [0, 0.1) is 11.8 Å². The fourth-order valence-electron chi connectivity index (χ4n) is 0.606. The second-order valence-corrected chi connectivity index (χ2v) is 2.09. The summed E-state index contributed by atoms with van der Waals surface area (Å²) in [5.74, 6) is 5.56.